The first-order valence-electron chi connectivity index (χ1n) is 8.21. The van der Waals surface area contributed by atoms with E-state index in [1.165, 1.54) is 0 Å². The third-order valence-electron chi connectivity index (χ3n) is 4.47. The molecule has 1 saturated carbocycles. The maximum atomic E-state index is 12.9. The molecule has 0 aliphatic heterocycles. The lowest BCUT2D eigenvalue weighted by atomic mass is 9.80. The smallest absolute Gasteiger partial charge is 0.185 e. The molecule has 0 amide bonds. The topological polar surface area (TPSA) is 69.1 Å². The van der Waals surface area contributed by atoms with Gasteiger partial charge in [0.2, 0.25) is 0 Å². The molecule has 0 saturated heterocycles. The second-order valence-electron chi connectivity index (χ2n) is 6.37. The minimum absolute atomic E-state index is 0.141. The molecule has 1 aliphatic rings. The summed E-state index contributed by atoms with van der Waals surface area (Å²) in [5.74, 6) is 0.404. The van der Waals surface area contributed by atoms with Crippen molar-refractivity contribution >= 4 is 29.3 Å². The van der Waals surface area contributed by atoms with Crippen molar-refractivity contribution in [3.05, 3.63) is 70.8 Å². The van der Waals surface area contributed by atoms with Crippen LogP contribution in [0.4, 0.5) is 11.4 Å². The van der Waals surface area contributed by atoms with Crippen molar-refractivity contribution in [2.75, 3.05) is 11.5 Å². The number of rotatable bonds is 2. The normalized spacial score (nSPS) is 21.4. The van der Waals surface area contributed by atoms with Crippen LogP contribution in [0.25, 0.3) is 12.2 Å². The first-order chi connectivity index (χ1) is 11.5. The van der Waals surface area contributed by atoms with E-state index >= 15 is 0 Å². The zero-order valence-corrected chi connectivity index (χ0v) is 13.8. The molecule has 0 bridgehead atoms. The van der Waals surface area contributed by atoms with Gasteiger partial charge in [-0.05, 0) is 66.3 Å². The Morgan fingerprint density at radius 3 is 1.92 bits per heavy atom. The summed E-state index contributed by atoms with van der Waals surface area (Å²) in [6.45, 7) is 2.11. The van der Waals surface area contributed by atoms with E-state index in [9.17, 15) is 4.79 Å². The van der Waals surface area contributed by atoms with Crippen LogP contribution < -0.4 is 11.5 Å². The van der Waals surface area contributed by atoms with Gasteiger partial charge in [0.15, 0.2) is 5.78 Å². The highest BCUT2D eigenvalue weighted by molar-refractivity contribution is 6.14. The number of carbonyl (C=O) groups is 1. The number of nitrogen functional groups attached to an aromatic ring is 2. The number of nitrogens with two attached hydrogens (primary N) is 2. The third kappa shape index (κ3) is 3.57. The first kappa shape index (κ1) is 16.1. The number of allylic oxidation sites excluding steroid dienone is 2. The fourth-order valence-corrected chi connectivity index (χ4v) is 2.96. The van der Waals surface area contributed by atoms with E-state index in [0.29, 0.717) is 0 Å². The molecule has 1 fully saturated rings. The van der Waals surface area contributed by atoms with E-state index in [-0.39, 0.29) is 11.7 Å². The Morgan fingerprint density at radius 1 is 0.875 bits per heavy atom. The molecule has 3 nitrogen and oxygen atoms in total. The van der Waals surface area contributed by atoms with Gasteiger partial charge in [-0.15, -0.1) is 0 Å². The molecule has 1 atom stereocenters. The molecular weight excluding hydrogens is 296 g/mol. The minimum Gasteiger partial charge on any atom is -0.399 e. The van der Waals surface area contributed by atoms with E-state index in [1.54, 1.807) is 0 Å². The summed E-state index contributed by atoms with van der Waals surface area (Å²) in [5.41, 5.74) is 16.6. The zero-order chi connectivity index (χ0) is 17.1. The standard InChI is InChI=1S/C21H22N2O/c1-14-2-7-17(12-15-3-8-18(22)9-4-15)21(24)20(14)13-16-5-10-19(23)11-6-16/h3-6,8-14H,2,7,22-23H2,1H3. The zero-order valence-electron chi connectivity index (χ0n) is 13.8. The van der Waals surface area contributed by atoms with E-state index in [4.69, 9.17) is 11.5 Å². The SMILES string of the molecule is CC1CCC(=Cc2ccc(N)cc2)C(=O)C1=Cc1ccc(N)cc1. The maximum Gasteiger partial charge on any atom is 0.185 e. The van der Waals surface area contributed by atoms with Crippen molar-refractivity contribution in [1.82, 2.24) is 0 Å². The number of anilines is 2. The van der Waals surface area contributed by atoms with Crippen molar-refractivity contribution in [3.63, 3.8) is 0 Å². The van der Waals surface area contributed by atoms with Crippen LogP contribution in [0.3, 0.4) is 0 Å². The fraction of sp³-hybridized carbons (Fsp3) is 0.190. The summed E-state index contributed by atoms with van der Waals surface area (Å²) < 4.78 is 0. The Morgan fingerprint density at radius 2 is 1.38 bits per heavy atom. The predicted molar refractivity (Wildman–Crippen MR) is 101 cm³/mol. The van der Waals surface area contributed by atoms with Gasteiger partial charge in [0.1, 0.15) is 0 Å². The van der Waals surface area contributed by atoms with Crippen molar-refractivity contribution < 1.29 is 4.79 Å². The number of hydrogen-bond acceptors (Lipinski definition) is 3. The van der Waals surface area contributed by atoms with Gasteiger partial charge < -0.3 is 11.5 Å². The minimum atomic E-state index is 0.141. The maximum absolute atomic E-state index is 12.9. The van der Waals surface area contributed by atoms with Crippen molar-refractivity contribution in [3.8, 4) is 0 Å². The van der Waals surface area contributed by atoms with Gasteiger partial charge >= 0.3 is 0 Å². The highest BCUT2D eigenvalue weighted by atomic mass is 16.1. The Labute approximate surface area is 142 Å². The summed E-state index contributed by atoms with van der Waals surface area (Å²) in [4.78, 5) is 12.9. The van der Waals surface area contributed by atoms with Crippen LogP contribution in [-0.4, -0.2) is 5.78 Å². The van der Waals surface area contributed by atoms with E-state index < -0.39 is 0 Å². The number of benzene rings is 2. The average molecular weight is 318 g/mol. The van der Waals surface area contributed by atoms with Gasteiger partial charge in [0.25, 0.3) is 0 Å². The lowest BCUT2D eigenvalue weighted by Gasteiger charge is -2.23. The molecule has 122 valence electrons. The number of ketones is 1. The Bertz CT molecular complexity index is 799. The Kier molecular flexibility index (Phi) is 4.52. The first-order valence-corrected chi connectivity index (χ1v) is 8.21. The summed E-state index contributed by atoms with van der Waals surface area (Å²) in [5, 5.41) is 0. The highest BCUT2D eigenvalue weighted by Gasteiger charge is 2.26. The van der Waals surface area contributed by atoms with E-state index in [2.05, 4.69) is 6.92 Å². The van der Waals surface area contributed by atoms with E-state index in [1.807, 2.05) is 60.7 Å². The van der Waals surface area contributed by atoms with Gasteiger partial charge in [-0.25, -0.2) is 0 Å². The summed E-state index contributed by atoms with van der Waals surface area (Å²) >= 11 is 0. The molecular formula is C21H22N2O. The van der Waals surface area contributed by atoms with Crippen molar-refractivity contribution in [2.24, 2.45) is 5.92 Å². The summed E-state index contributed by atoms with van der Waals surface area (Å²) in [6, 6.07) is 15.2. The number of hydrogen-bond donors (Lipinski definition) is 2. The van der Waals surface area contributed by atoms with Crippen LogP contribution in [0, 0.1) is 5.92 Å². The Balaban J connectivity index is 1.91. The third-order valence-corrected chi connectivity index (χ3v) is 4.47. The van der Waals surface area contributed by atoms with E-state index in [0.717, 1.165) is 46.5 Å². The second-order valence-corrected chi connectivity index (χ2v) is 6.37. The van der Waals surface area contributed by atoms with Crippen LogP contribution >= 0.6 is 0 Å². The van der Waals surface area contributed by atoms with Crippen LogP contribution in [0.2, 0.25) is 0 Å². The lowest BCUT2D eigenvalue weighted by molar-refractivity contribution is -0.113. The van der Waals surface area contributed by atoms with Crippen LogP contribution in [-0.2, 0) is 4.79 Å². The van der Waals surface area contributed by atoms with Crippen molar-refractivity contribution in [1.29, 1.82) is 0 Å². The van der Waals surface area contributed by atoms with Crippen LogP contribution in [0.15, 0.2) is 59.7 Å². The largest absolute Gasteiger partial charge is 0.399 e. The quantitative estimate of drug-likeness (QED) is 0.640. The lowest BCUT2D eigenvalue weighted by Crippen LogP contribution is -2.19. The van der Waals surface area contributed by atoms with Crippen molar-refractivity contribution in [2.45, 2.75) is 19.8 Å². The summed E-state index contributed by atoms with van der Waals surface area (Å²) in [6.07, 6.45) is 5.75. The molecule has 0 heterocycles. The molecule has 3 rings (SSSR count). The molecule has 1 aliphatic carbocycles. The van der Waals surface area contributed by atoms with Crippen LogP contribution in [0.1, 0.15) is 30.9 Å². The molecule has 0 aromatic heterocycles. The molecule has 2 aromatic carbocycles. The molecule has 0 spiro atoms. The van der Waals surface area contributed by atoms with Gasteiger partial charge in [-0.3, -0.25) is 4.79 Å². The van der Waals surface area contributed by atoms with Gasteiger partial charge in [0.05, 0.1) is 0 Å². The monoisotopic (exact) mass is 318 g/mol. The number of carbonyl (C=O) groups excluding carboxylic acids is 1. The van der Waals surface area contributed by atoms with Gasteiger partial charge in [-0.1, -0.05) is 31.2 Å². The molecule has 24 heavy (non-hydrogen) atoms. The highest BCUT2D eigenvalue weighted by Crippen LogP contribution is 2.32. The fourth-order valence-electron chi connectivity index (χ4n) is 2.96. The van der Waals surface area contributed by atoms with Gasteiger partial charge in [0, 0.05) is 22.5 Å². The second kappa shape index (κ2) is 6.75. The average Bonchev–Trinajstić information content (AvgIpc) is 2.58. The van der Waals surface area contributed by atoms with Crippen LogP contribution in [0.5, 0.6) is 0 Å². The molecule has 3 heteroatoms. The van der Waals surface area contributed by atoms with Gasteiger partial charge in [-0.2, -0.15) is 0 Å². The molecule has 2 aromatic rings. The predicted octanol–water partition coefficient (Wildman–Crippen LogP) is 4.32. The summed E-state index contributed by atoms with van der Waals surface area (Å²) in [7, 11) is 0. The Hall–Kier alpha value is -2.81. The molecule has 1 unspecified atom stereocenters. The number of Topliss-reactive ketones (excluding diaryl/α,β-unsaturated/α-hetero) is 1. The molecule has 4 N–H and O–H groups in total. The molecule has 0 radical (unpaired) electrons.